The van der Waals surface area contributed by atoms with Gasteiger partial charge in [0, 0.05) is 37.1 Å². The SMILES string of the molecule is CC[C@H](OC)C(C)OC(C)C(NCc1ccc(Cl)cc1F)C(C)(O)/C=C/C=C(\C)[C@H]1OC(=O)CC(O)CCC(C)(O)[C@@H](OC(C)=O)/C=C/C1C. The lowest BCUT2D eigenvalue weighted by molar-refractivity contribution is -0.157. The quantitative estimate of drug-likeness (QED) is 0.107. The van der Waals surface area contributed by atoms with Gasteiger partial charge < -0.3 is 39.6 Å². The van der Waals surface area contributed by atoms with Crippen molar-refractivity contribution in [2.75, 3.05) is 7.11 Å². The zero-order valence-electron chi connectivity index (χ0n) is 30.8. The second-order valence-corrected chi connectivity index (χ2v) is 14.2. The van der Waals surface area contributed by atoms with Crippen LogP contribution >= 0.6 is 11.6 Å². The van der Waals surface area contributed by atoms with Gasteiger partial charge in [0.1, 0.15) is 23.6 Å². The lowest BCUT2D eigenvalue weighted by Gasteiger charge is -2.37. The van der Waals surface area contributed by atoms with Gasteiger partial charge in [-0.05, 0) is 77.7 Å². The Kier molecular flexibility index (Phi) is 17.3. The highest BCUT2D eigenvalue weighted by atomic mass is 35.5. The molecule has 0 aromatic heterocycles. The Labute approximate surface area is 301 Å². The van der Waals surface area contributed by atoms with E-state index >= 15 is 0 Å². The number of cyclic esters (lactones) is 1. The first-order valence-electron chi connectivity index (χ1n) is 17.2. The van der Waals surface area contributed by atoms with Crippen molar-refractivity contribution in [2.24, 2.45) is 5.92 Å². The number of halogens is 2. The summed E-state index contributed by atoms with van der Waals surface area (Å²) in [7, 11) is 1.62. The first kappa shape index (κ1) is 43.5. The molecule has 282 valence electrons. The van der Waals surface area contributed by atoms with Crippen molar-refractivity contribution < 1.29 is 48.2 Å². The topological polar surface area (TPSA) is 144 Å². The minimum atomic E-state index is -1.52. The predicted molar refractivity (Wildman–Crippen MR) is 191 cm³/mol. The number of aliphatic hydroxyl groups excluding tert-OH is 1. The van der Waals surface area contributed by atoms with E-state index in [1.54, 1.807) is 63.5 Å². The third-order valence-corrected chi connectivity index (χ3v) is 9.38. The Morgan fingerprint density at radius 2 is 1.94 bits per heavy atom. The van der Waals surface area contributed by atoms with Crippen LogP contribution in [0.3, 0.4) is 0 Å². The monoisotopic (exact) mass is 725 g/mol. The van der Waals surface area contributed by atoms with Crippen LogP contribution in [0.1, 0.15) is 86.6 Å². The van der Waals surface area contributed by atoms with E-state index in [0.29, 0.717) is 11.1 Å². The number of nitrogens with one attached hydrogen (secondary N) is 1. The Bertz CT molecular complexity index is 1340. The van der Waals surface area contributed by atoms with E-state index in [1.165, 1.54) is 19.9 Å². The zero-order valence-corrected chi connectivity index (χ0v) is 31.6. The molecule has 7 unspecified atom stereocenters. The van der Waals surface area contributed by atoms with Crippen molar-refractivity contribution in [3.63, 3.8) is 0 Å². The van der Waals surface area contributed by atoms with E-state index in [-0.39, 0.29) is 43.0 Å². The molecule has 0 aliphatic carbocycles. The lowest BCUT2D eigenvalue weighted by atomic mass is 9.88. The second kappa shape index (κ2) is 19.8. The molecule has 10 nitrogen and oxygen atoms in total. The highest BCUT2D eigenvalue weighted by molar-refractivity contribution is 6.30. The number of benzene rings is 1. The maximum absolute atomic E-state index is 14.7. The fourth-order valence-electron chi connectivity index (χ4n) is 6.15. The predicted octanol–water partition coefficient (Wildman–Crippen LogP) is 5.74. The van der Waals surface area contributed by atoms with E-state index in [0.717, 1.165) is 6.42 Å². The van der Waals surface area contributed by atoms with E-state index in [1.807, 2.05) is 27.7 Å². The molecule has 1 heterocycles. The van der Waals surface area contributed by atoms with Gasteiger partial charge in [0.25, 0.3) is 0 Å². The number of hydrogen-bond donors (Lipinski definition) is 4. The third kappa shape index (κ3) is 13.5. The molecule has 1 aromatic carbocycles. The Morgan fingerprint density at radius 3 is 2.54 bits per heavy atom. The molecule has 0 fully saturated rings. The molecule has 50 heavy (non-hydrogen) atoms. The minimum absolute atomic E-state index is 0.0871. The van der Waals surface area contributed by atoms with Crippen LogP contribution in [0.2, 0.25) is 5.02 Å². The molecule has 1 aliphatic rings. The van der Waals surface area contributed by atoms with Crippen LogP contribution in [0, 0.1) is 11.7 Å². The van der Waals surface area contributed by atoms with Gasteiger partial charge in [0.15, 0.2) is 0 Å². The Morgan fingerprint density at radius 1 is 1.26 bits per heavy atom. The molecule has 2 rings (SSSR count). The smallest absolute Gasteiger partial charge is 0.309 e. The van der Waals surface area contributed by atoms with Gasteiger partial charge in [-0.25, -0.2) is 4.39 Å². The fraction of sp³-hybridized carbons (Fsp3) is 0.632. The van der Waals surface area contributed by atoms with Crippen molar-refractivity contribution in [2.45, 2.75) is 141 Å². The Hall–Kier alpha value is -2.64. The van der Waals surface area contributed by atoms with Gasteiger partial charge in [0.2, 0.25) is 0 Å². The van der Waals surface area contributed by atoms with Gasteiger partial charge in [-0.2, -0.15) is 0 Å². The molecular formula is C38H57ClFNO9. The van der Waals surface area contributed by atoms with Gasteiger partial charge >= 0.3 is 11.9 Å². The summed E-state index contributed by atoms with van der Waals surface area (Å²) < 4.78 is 37.7. The highest BCUT2D eigenvalue weighted by Crippen LogP contribution is 2.28. The molecule has 0 radical (unpaired) electrons. The van der Waals surface area contributed by atoms with Gasteiger partial charge in [-0.15, -0.1) is 0 Å². The average Bonchev–Trinajstić information content (AvgIpc) is 3.01. The number of esters is 2. The first-order valence-corrected chi connectivity index (χ1v) is 17.6. The summed E-state index contributed by atoms with van der Waals surface area (Å²) in [6, 6.07) is 3.70. The summed E-state index contributed by atoms with van der Waals surface area (Å²) in [6.45, 7) is 13.8. The maximum atomic E-state index is 14.7. The van der Waals surface area contributed by atoms with Crippen LogP contribution in [0.5, 0.6) is 0 Å². The molecule has 1 aliphatic heterocycles. The summed E-state index contributed by atoms with van der Waals surface area (Å²) in [5.41, 5.74) is -2.01. The standard InChI is InChI=1S/C38H57ClFNO9/c1-10-32(47-9)25(4)48-26(5)36(41-22-28-14-15-29(39)20-31(28)40)38(8,46)18-11-12-23(2)35-24(3)13-16-33(49-27(6)42)37(7,45)19-17-30(43)21-34(44)50-35/h11-16,18,20,24-26,30,32-33,35-36,41,43,45-46H,10,17,19,21-22H2,1-9H3/b16-13+,18-11+,23-12+/t24?,25?,26?,30?,32-,33-,35+,36?,37?,38?/m0/s1. The number of ether oxygens (including phenoxy) is 4. The molecule has 0 amide bonds. The molecule has 10 atom stereocenters. The third-order valence-electron chi connectivity index (χ3n) is 9.14. The number of carbonyl (C=O) groups excluding carboxylic acids is 2. The first-order chi connectivity index (χ1) is 23.3. The van der Waals surface area contributed by atoms with Crippen LogP contribution in [0.4, 0.5) is 4.39 Å². The van der Waals surface area contributed by atoms with E-state index in [4.69, 9.17) is 30.5 Å². The number of rotatable bonds is 14. The number of hydrogen-bond acceptors (Lipinski definition) is 10. The number of methoxy groups -OCH3 is 1. The fourth-order valence-corrected chi connectivity index (χ4v) is 6.31. The number of allylic oxidation sites excluding steroid dienone is 2. The van der Waals surface area contributed by atoms with Crippen molar-refractivity contribution in [1.29, 1.82) is 0 Å². The minimum Gasteiger partial charge on any atom is -0.457 e. The van der Waals surface area contributed by atoms with E-state index in [2.05, 4.69) is 5.32 Å². The van der Waals surface area contributed by atoms with Crippen LogP contribution in [0.15, 0.2) is 54.2 Å². The summed E-state index contributed by atoms with van der Waals surface area (Å²) in [4.78, 5) is 24.7. The zero-order chi connectivity index (χ0) is 37.8. The summed E-state index contributed by atoms with van der Waals surface area (Å²) in [5.74, 6) is -2.08. The molecular weight excluding hydrogens is 669 g/mol. The summed E-state index contributed by atoms with van der Waals surface area (Å²) in [5, 5.41) is 36.9. The second-order valence-electron chi connectivity index (χ2n) is 13.8. The molecule has 1 aromatic rings. The van der Waals surface area contributed by atoms with Crippen LogP contribution < -0.4 is 5.32 Å². The van der Waals surface area contributed by atoms with Crippen molar-refractivity contribution in [3.8, 4) is 0 Å². The van der Waals surface area contributed by atoms with Gasteiger partial charge in [0.05, 0.1) is 42.5 Å². The normalized spacial score (nSPS) is 28.4. The molecule has 0 saturated carbocycles. The summed E-state index contributed by atoms with van der Waals surface area (Å²) in [6.07, 6.45) is 4.99. The number of carbonyl (C=O) groups is 2. The largest absolute Gasteiger partial charge is 0.457 e. The van der Waals surface area contributed by atoms with Crippen LogP contribution in [-0.4, -0.2) is 88.2 Å². The van der Waals surface area contributed by atoms with Crippen LogP contribution in [-0.2, 0) is 35.1 Å². The molecule has 0 spiro atoms. The summed E-state index contributed by atoms with van der Waals surface area (Å²) >= 11 is 5.94. The Balaban J connectivity index is 2.42. The van der Waals surface area contributed by atoms with Crippen molar-refractivity contribution in [1.82, 2.24) is 5.32 Å². The van der Waals surface area contributed by atoms with E-state index in [9.17, 15) is 29.3 Å². The maximum Gasteiger partial charge on any atom is 0.309 e. The lowest BCUT2D eigenvalue weighted by Crippen LogP contribution is -2.55. The van der Waals surface area contributed by atoms with Gasteiger partial charge in [-0.1, -0.05) is 55.8 Å². The molecule has 0 saturated heterocycles. The van der Waals surface area contributed by atoms with Gasteiger partial charge in [-0.3, -0.25) is 9.59 Å². The molecule has 4 N–H and O–H groups in total. The van der Waals surface area contributed by atoms with Crippen molar-refractivity contribution in [3.05, 3.63) is 70.6 Å². The molecule has 0 bridgehead atoms. The van der Waals surface area contributed by atoms with E-state index < -0.39 is 65.3 Å². The van der Waals surface area contributed by atoms with Crippen LogP contribution in [0.25, 0.3) is 0 Å². The molecule has 12 heteroatoms. The average molecular weight is 726 g/mol. The van der Waals surface area contributed by atoms with Crippen molar-refractivity contribution >= 4 is 23.5 Å². The number of aliphatic hydroxyl groups is 3. The highest BCUT2D eigenvalue weighted by Gasteiger charge is 2.37.